The van der Waals surface area contributed by atoms with Crippen molar-refractivity contribution in [2.24, 2.45) is 0 Å². The standard InChI is InChI=1S/C18H18O2/c1-13-12-15(20-2)8-9-16(13)17(19)18(10-11-18)14-6-4-3-5-7-14/h3-9,12H,10-11H2,1-2H3. The van der Waals surface area contributed by atoms with Gasteiger partial charge in [-0.25, -0.2) is 0 Å². The molecule has 0 aromatic heterocycles. The third-order valence-corrected chi connectivity index (χ3v) is 4.19. The minimum Gasteiger partial charge on any atom is -0.497 e. The van der Waals surface area contributed by atoms with Crippen LogP contribution in [0.2, 0.25) is 0 Å². The van der Waals surface area contributed by atoms with Crippen molar-refractivity contribution in [2.75, 3.05) is 7.11 Å². The van der Waals surface area contributed by atoms with Gasteiger partial charge in [-0.3, -0.25) is 4.79 Å². The zero-order valence-electron chi connectivity index (χ0n) is 11.8. The molecule has 0 unspecified atom stereocenters. The molecule has 20 heavy (non-hydrogen) atoms. The maximum Gasteiger partial charge on any atom is 0.173 e. The SMILES string of the molecule is COc1ccc(C(=O)C2(c3ccccc3)CC2)c(C)c1. The Balaban J connectivity index is 1.97. The molecule has 0 atom stereocenters. The summed E-state index contributed by atoms with van der Waals surface area (Å²) in [7, 11) is 1.64. The van der Waals surface area contributed by atoms with Crippen molar-refractivity contribution in [3.8, 4) is 5.75 Å². The highest BCUT2D eigenvalue weighted by Crippen LogP contribution is 2.50. The lowest BCUT2D eigenvalue weighted by molar-refractivity contribution is 0.0945. The van der Waals surface area contributed by atoms with Gasteiger partial charge in [-0.1, -0.05) is 30.3 Å². The van der Waals surface area contributed by atoms with Crippen molar-refractivity contribution >= 4 is 5.78 Å². The monoisotopic (exact) mass is 266 g/mol. The van der Waals surface area contributed by atoms with Gasteiger partial charge in [0.05, 0.1) is 12.5 Å². The average molecular weight is 266 g/mol. The van der Waals surface area contributed by atoms with Gasteiger partial charge in [0.2, 0.25) is 0 Å². The summed E-state index contributed by atoms with van der Waals surface area (Å²) >= 11 is 0. The number of Topliss-reactive ketones (excluding diaryl/α,β-unsaturated/α-hetero) is 1. The number of rotatable bonds is 4. The second kappa shape index (κ2) is 4.78. The molecule has 0 N–H and O–H groups in total. The summed E-state index contributed by atoms with van der Waals surface area (Å²) in [5.41, 5.74) is 2.64. The highest BCUT2D eigenvalue weighted by atomic mass is 16.5. The molecule has 1 saturated carbocycles. The number of hydrogen-bond donors (Lipinski definition) is 0. The Labute approximate surface area is 119 Å². The van der Waals surface area contributed by atoms with Crippen LogP contribution in [0.4, 0.5) is 0 Å². The Morgan fingerprint density at radius 1 is 1.10 bits per heavy atom. The molecule has 2 aromatic rings. The number of ketones is 1. The largest absolute Gasteiger partial charge is 0.497 e. The number of benzene rings is 2. The lowest BCUT2D eigenvalue weighted by atomic mass is 9.86. The van der Waals surface area contributed by atoms with E-state index in [4.69, 9.17) is 4.74 Å². The number of aryl methyl sites for hydroxylation is 1. The van der Waals surface area contributed by atoms with Crippen molar-refractivity contribution in [1.82, 2.24) is 0 Å². The molecule has 0 radical (unpaired) electrons. The summed E-state index contributed by atoms with van der Waals surface area (Å²) in [6, 6.07) is 15.8. The van der Waals surface area contributed by atoms with Gasteiger partial charge in [-0.15, -0.1) is 0 Å². The fourth-order valence-corrected chi connectivity index (χ4v) is 2.80. The van der Waals surface area contributed by atoms with Crippen molar-refractivity contribution in [1.29, 1.82) is 0 Å². The van der Waals surface area contributed by atoms with Crippen molar-refractivity contribution in [3.63, 3.8) is 0 Å². The molecule has 0 heterocycles. The van der Waals surface area contributed by atoms with Gasteiger partial charge in [0, 0.05) is 5.56 Å². The van der Waals surface area contributed by atoms with E-state index in [2.05, 4.69) is 12.1 Å². The van der Waals surface area contributed by atoms with Crippen LogP contribution in [-0.4, -0.2) is 12.9 Å². The third-order valence-electron chi connectivity index (χ3n) is 4.19. The van der Waals surface area contributed by atoms with Gasteiger partial charge in [-0.05, 0) is 49.1 Å². The zero-order valence-corrected chi connectivity index (χ0v) is 11.8. The Morgan fingerprint density at radius 3 is 2.35 bits per heavy atom. The Morgan fingerprint density at radius 2 is 1.80 bits per heavy atom. The number of hydrogen-bond acceptors (Lipinski definition) is 2. The second-order valence-corrected chi connectivity index (χ2v) is 5.46. The molecule has 3 rings (SSSR count). The van der Waals surface area contributed by atoms with Crippen molar-refractivity contribution in [2.45, 2.75) is 25.2 Å². The lowest BCUT2D eigenvalue weighted by Gasteiger charge is -2.16. The van der Waals surface area contributed by atoms with E-state index in [0.717, 1.165) is 35.3 Å². The summed E-state index contributed by atoms with van der Waals surface area (Å²) in [6.07, 6.45) is 1.89. The first-order valence-electron chi connectivity index (χ1n) is 6.92. The van der Waals surface area contributed by atoms with E-state index in [9.17, 15) is 4.79 Å². The molecule has 2 heteroatoms. The first kappa shape index (κ1) is 12.9. The lowest BCUT2D eigenvalue weighted by Crippen LogP contribution is -2.21. The van der Waals surface area contributed by atoms with Gasteiger partial charge in [0.25, 0.3) is 0 Å². The molecule has 102 valence electrons. The molecule has 2 aromatic carbocycles. The van der Waals surface area contributed by atoms with Crippen LogP contribution in [0, 0.1) is 6.92 Å². The molecule has 0 spiro atoms. The molecule has 0 bridgehead atoms. The molecular formula is C18H18O2. The van der Waals surface area contributed by atoms with E-state index in [1.807, 2.05) is 43.3 Å². The van der Waals surface area contributed by atoms with Crippen molar-refractivity contribution < 1.29 is 9.53 Å². The topological polar surface area (TPSA) is 26.3 Å². The average Bonchev–Trinajstić information content (AvgIpc) is 3.29. The number of methoxy groups -OCH3 is 1. The third kappa shape index (κ3) is 2.01. The molecule has 0 saturated heterocycles. The van der Waals surface area contributed by atoms with E-state index < -0.39 is 0 Å². The van der Waals surface area contributed by atoms with Crippen LogP contribution in [0.15, 0.2) is 48.5 Å². The maximum absolute atomic E-state index is 12.9. The van der Waals surface area contributed by atoms with Gasteiger partial charge in [0.15, 0.2) is 5.78 Å². The van der Waals surface area contributed by atoms with Crippen LogP contribution in [0.1, 0.15) is 34.3 Å². The zero-order chi connectivity index (χ0) is 14.2. The predicted molar refractivity (Wildman–Crippen MR) is 79.4 cm³/mol. The normalized spacial score (nSPS) is 15.7. The Kier molecular flexibility index (Phi) is 3.09. The van der Waals surface area contributed by atoms with E-state index in [0.29, 0.717) is 0 Å². The molecule has 1 fully saturated rings. The molecule has 1 aliphatic carbocycles. The molecule has 1 aliphatic rings. The number of carbonyl (C=O) groups excluding carboxylic acids is 1. The number of carbonyl (C=O) groups is 1. The fraction of sp³-hybridized carbons (Fsp3) is 0.278. The highest BCUT2D eigenvalue weighted by molar-refractivity contribution is 6.07. The smallest absolute Gasteiger partial charge is 0.173 e. The highest BCUT2D eigenvalue weighted by Gasteiger charge is 2.51. The Bertz CT molecular complexity index is 640. The predicted octanol–water partition coefficient (Wildman–Crippen LogP) is 3.92. The summed E-state index contributed by atoms with van der Waals surface area (Å²) in [5, 5.41) is 0. The van der Waals surface area contributed by atoms with Crippen LogP contribution < -0.4 is 4.74 Å². The van der Waals surface area contributed by atoms with Crippen LogP contribution in [-0.2, 0) is 5.41 Å². The molecular weight excluding hydrogens is 248 g/mol. The first-order valence-corrected chi connectivity index (χ1v) is 6.92. The summed E-state index contributed by atoms with van der Waals surface area (Å²) in [4.78, 5) is 12.9. The van der Waals surface area contributed by atoms with Gasteiger partial charge in [-0.2, -0.15) is 0 Å². The van der Waals surface area contributed by atoms with E-state index in [1.165, 1.54) is 0 Å². The second-order valence-electron chi connectivity index (χ2n) is 5.46. The quantitative estimate of drug-likeness (QED) is 0.784. The minimum atomic E-state index is -0.291. The Hall–Kier alpha value is -2.09. The minimum absolute atomic E-state index is 0.240. The number of ether oxygens (including phenoxy) is 1. The van der Waals surface area contributed by atoms with E-state index in [1.54, 1.807) is 7.11 Å². The molecule has 0 aliphatic heterocycles. The fourth-order valence-electron chi connectivity index (χ4n) is 2.80. The summed E-state index contributed by atoms with van der Waals surface area (Å²) in [5.74, 6) is 1.03. The van der Waals surface area contributed by atoms with Crippen LogP contribution in [0.5, 0.6) is 5.75 Å². The van der Waals surface area contributed by atoms with Crippen LogP contribution in [0.3, 0.4) is 0 Å². The van der Waals surface area contributed by atoms with Crippen LogP contribution in [0.25, 0.3) is 0 Å². The van der Waals surface area contributed by atoms with Crippen LogP contribution >= 0.6 is 0 Å². The molecule has 2 nitrogen and oxygen atoms in total. The van der Waals surface area contributed by atoms with Gasteiger partial charge < -0.3 is 4.74 Å². The van der Waals surface area contributed by atoms with Gasteiger partial charge >= 0.3 is 0 Å². The summed E-state index contributed by atoms with van der Waals surface area (Å²) in [6.45, 7) is 1.97. The van der Waals surface area contributed by atoms with Crippen molar-refractivity contribution in [3.05, 3.63) is 65.2 Å². The first-order chi connectivity index (χ1) is 9.67. The molecule has 0 amide bonds. The maximum atomic E-state index is 12.9. The van der Waals surface area contributed by atoms with E-state index >= 15 is 0 Å². The van der Waals surface area contributed by atoms with E-state index in [-0.39, 0.29) is 11.2 Å². The summed E-state index contributed by atoms with van der Waals surface area (Å²) < 4.78 is 5.20. The van der Waals surface area contributed by atoms with Gasteiger partial charge in [0.1, 0.15) is 5.75 Å².